The van der Waals surface area contributed by atoms with Gasteiger partial charge in [-0.3, -0.25) is 4.79 Å². The molecule has 116 valence electrons. The molecule has 0 aliphatic carbocycles. The van der Waals surface area contributed by atoms with E-state index in [0.717, 1.165) is 12.7 Å². The van der Waals surface area contributed by atoms with E-state index in [0.29, 0.717) is 35.8 Å². The van der Waals surface area contributed by atoms with Gasteiger partial charge in [0.2, 0.25) is 10.0 Å². The van der Waals surface area contributed by atoms with Gasteiger partial charge in [0.05, 0.1) is 16.8 Å². The van der Waals surface area contributed by atoms with Crippen LogP contribution in [0.15, 0.2) is 18.2 Å². The minimum absolute atomic E-state index is 0.229. The van der Waals surface area contributed by atoms with Crippen molar-refractivity contribution >= 4 is 33.2 Å². The summed E-state index contributed by atoms with van der Waals surface area (Å²) in [6, 6.07) is 4.49. The molecule has 3 N–H and O–H groups in total. The number of halogens is 1. The van der Waals surface area contributed by atoms with Crippen molar-refractivity contribution in [3.8, 4) is 0 Å². The largest absolute Gasteiger partial charge is 0.399 e. The molecule has 0 radical (unpaired) electrons. The van der Waals surface area contributed by atoms with Crippen LogP contribution < -0.4 is 10.5 Å². The summed E-state index contributed by atoms with van der Waals surface area (Å²) in [4.78, 5) is 14.1. The molecular weight excluding hydrogens is 314 g/mol. The van der Waals surface area contributed by atoms with Crippen LogP contribution in [0.2, 0.25) is 5.02 Å². The number of nitrogens with one attached hydrogen (secondary N) is 1. The average molecular weight is 332 g/mol. The number of carbonyl (C=O) groups excluding carboxylic acids is 1. The van der Waals surface area contributed by atoms with Crippen molar-refractivity contribution in [1.82, 2.24) is 9.62 Å². The van der Waals surface area contributed by atoms with E-state index in [1.54, 1.807) is 17.0 Å². The van der Waals surface area contributed by atoms with Crippen LogP contribution in [0.3, 0.4) is 0 Å². The summed E-state index contributed by atoms with van der Waals surface area (Å²) in [6.07, 6.45) is 2.56. The zero-order chi connectivity index (χ0) is 15.6. The number of nitrogens with zero attached hydrogens (tertiary/aromatic N) is 1. The number of likely N-dealkylation sites (tertiary alicyclic amines) is 1. The lowest BCUT2D eigenvalue weighted by molar-refractivity contribution is 0.0703. The van der Waals surface area contributed by atoms with Gasteiger partial charge in [-0.2, -0.15) is 0 Å². The number of hydrogen-bond acceptors (Lipinski definition) is 4. The van der Waals surface area contributed by atoms with Gasteiger partial charge in [0, 0.05) is 24.8 Å². The number of benzene rings is 1. The molecule has 0 aromatic heterocycles. The van der Waals surface area contributed by atoms with Crippen LogP contribution >= 0.6 is 11.6 Å². The minimum atomic E-state index is -3.29. The number of rotatable bonds is 3. The standard InChI is InChI=1S/C13H18ClN3O3S/c1-21(19,20)16-10-3-2-6-17(8-10)13(18)11-7-9(15)4-5-12(11)14/h4-5,7,10,16H,2-3,6,8,15H2,1H3. The molecule has 2 rings (SSSR count). The zero-order valence-corrected chi connectivity index (χ0v) is 13.2. The topological polar surface area (TPSA) is 92.5 Å². The van der Waals surface area contributed by atoms with Gasteiger partial charge in [-0.15, -0.1) is 0 Å². The Morgan fingerprint density at radius 3 is 2.86 bits per heavy atom. The predicted molar refractivity (Wildman–Crippen MR) is 82.8 cm³/mol. The number of anilines is 1. The number of nitrogen functional groups attached to an aromatic ring is 1. The normalized spacial score (nSPS) is 19.5. The number of nitrogens with two attached hydrogens (primary N) is 1. The van der Waals surface area contributed by atoms with Gasteiger partial charge in [0.1, 0.15) is 0 Å². The van der Waals surface area contributed by atoms with Crippen molar-refractivity contribution in [2.45, 2.75) is 18.9 Å². The molecule has 6 nitrogen and oxygen atoms in total. The van der Waals surface area contributed by atoms with E-state index >= 15 is 0 Å². The van der Waals surface area contributed by atoms with E-state index in [2.05, 4.69) is 4.72 Å². The predicted octanol–water partition coefficient (Wildman–Crippen LogP) is 1.08. The molecule has 0 bridgehead atoms. The van der Waals surface area contributed by atoms with Crippen molar-refractivity contribution in [1.29, 1.82) is 0 Å². The van der Waals surface area contributed by atoms with Crippen molar-refractivity contribution in [3.05, 3.63) is 28.8 Å². The monoisotopic (exact) mass is 331 g/mol. The van der Waals surface area contributed by atoms with E-state index in [1.807, 2.05) is 0 Å². The van der Waals surface area contributed by atoms with Gasteiger partial charge >= 0.3 is 0 Å². The molecule has 1 unspecified atom stereocenters. The van der Waals surface area contributed by atoms with Gasteiger partial charge in [0.25, 0.3) is 5.91 Å². The SMILES string of the molecule is CS(=O)(=O)NC1CCCN(C(=O)c2cc(N)ccc2Cl)C1. The molecule has 1 aliphatic heterocycles. The van der Waals surface area contributed by atoms with Gasteiger partial charge < -0.3 is 10.6 Å². The maximum Gasteiger partial charge on any atom is 0.255 e. The summed E-state index contributed by atoms with van der Waals surface area (Å²) in [7, 11) is -3.29. The third-order valence-corrected chi connectivity index (χ3v) is 4.40. The molecule has 0 spiro atoms. The Morgan fingerprint density at radius 1 is 1.48 bits per heavy atom. The molecule has 1 aliphatic rings. The number of sulfonamides is 1. The Hall–Kier alpha value is -1.31. The van der Waals surface area contributed by atoms with Crippen LogP contribution in [-0.2, 0) is 10.0 Å². The molecule has 8 heteroatoms. The summed E-state index contributed by atoms with van der Waals surface area (Å²) in [6.45, 7) is 0.906. The molecule has 0 saturated carbocycles. The quantitative estimate of drug-likeness (QED) is 0.810. The fourth-order valence-electron chi connectivity index (χ4n) is 2.44. The Kier molecular flexibility index (Phi) is 4.75. The molecule has 1 saturated heterocycles. The highest BCUT2D eigenvalue weighted by atomic mass is 35.5. The van der Waals surface area contributed by atoms with Crippen LogP contribution in [0, 0.1) is 0 Å². The van der Waals surface area contributed by atoms with E-state index in [-0.39, 0.29) is 11.9 Å². The van der Waals surface area contributed by atoms with Crippen LogP contribution in [-0.4, -0.2) is 44.6 Å². The number of piperidine rings is 1. The molecule has 1 fully saturated rings. The lowest BCUT2D eigenvalue weighted by Crippen LogP contribution is -2.49. The van der Waals surface area contributed by atoms with Gasteiger partial charge in [-0.1, -0.05) is 11.6 Å². The summed E-state index contributed by atoms with van der Waals surface area (Å²) >= 11 is 6.04. The fraction of sp³-hybridized carbons (Fsp3) is 0.462. The van der Waals surface area contributed by atoms with E-state index in [1.165, 1.54) is 6.07 Å². The number of carbonyl (C=O) groups is 1. The van der Waals surface area contributed by atoms with Crippen LogP contribution in [0.5, 0.6) is 0 Å². The second kappa shape index (κ2) is 6.21. The first kappa shape index (κ1) is 16.1. The lowest BCUT2D eigenvalue weighted by atomic mass is 10.1. The smallest absolute Gasteiger partial charge is 0.255 e. The van der Waals surface area contributed by atoms with Gasteiger partial charge in [0.15, 0.2) is 0 Å². The van der Waals surface area contributed by atoms with Gasteiger partial charge in [-0.05, 0) is 31.0 Å². The molecule has 1 aromatic rings. The number of amides is 1. The van der Waals surface area contributed by atoms with E-state index < -0.39 is 10.0 Å². The van der Waals surface area contributed by atoms with Crippen LogP contribution in [0.1, 0.15) is 23.2 Å². The van der Waals surface area contributed by atoms with Crippen LogP contribution in [0.4, 0.5) is 5.69 Å². The van der Waals surface area contributed by atoms with Crippen LogP contribution in [0.25, 0.3) is 0 Å². The molecule has 1 heterocycles. The summed E-state index contributed by atoms with van der Waals surface area (Å²) in [5.74, 6) is -0.229. The highest BCUT2D eigenvalue weighted by Crippen LogP contribution is 2.22. The third-order valence-electron chi connectivity index (χ3n) is 3.31. The summed E-state index contributed by atoms with van der Waals surface area (Å²) < 4.78 is 25.1. The first-order valence-corrected chi connectivity index (χ1v) is 8.85. The maximum absolute atomic E-state index is 12.5. The zero-order valence-electron chi connectivity index (χ0n) is 11.7. The Labute approximate surface area is 129 Å². The molecule has 1 atom stereocenters. The fourth-order valence-corrected chi connectivity index (χ4v) is 3.43. The second-order valence-corrected chi connectivity index (χ2v) is 7.41. The Balaban J connectivity index is 2.14. The second-order valence-electron chi connectivity index (χ2n) is 5.22. The first-order valence-electron chi connectivity index (χ1n) is 6.58. The summed E-state index contributed by atoms with van der Waals surface area (Å²) in [5, 5.41) is 0.340. The Morgan fingerprint density at radius 2 is 2.19 bits per heavy atom. The first-order chi connectivity index (χ1) is 9.76. The van der Waals surface area contributed by atoms with Crippen molar-refractivity contribution < 1.29 is 13.2 Å². The van der Waals surface area contributed by atoms with Gasteiger partial charge in [-0.25, -0.2) is 13.1 Å². The average Bonchev–Trinajstić information content (AvgIpc) is 2.39. The Bertz CT molecular complexity index is 648. The molecule has 1 amide bonds. The van der Waals surface area contributed by atoms with Crippen molar-refractivity contribution in [3.63, 3.8) is 0 Å². The van der Waals surface area contributed by atoms with E-state index in [9.17, 15) is 13.2 Å². The molecular formula is C13H18ClN3O3S. The molecule has 1 aromatic carbocycles. The highest BCUT2D eigenvalue weighted by molar-refractivity contribution is 7.88. The highest BCUT2D eigenvalue weighted by Gasteiger charge is 2.27. The maximum atomic E-state index is 12.5. The van der Waals surface area contributed by atoms with Crippen molar-refractivity contribution in [2.24, 2.45) is 0 Å². The number of hydrogen-bond donors (Lipinski definition) is 2. The molecule has 21 heavy (non-hydrogen) atoms. The van der Waals surface area contributed by atoms with E-state index in [4.69, 9.17) is 17.3 Å². The third kappa shape index (κ3) is 4.33. The lowest BCUT2D eigenvalue weighted by Gasteiger charge is -2.33. The van der Waals surface area contributed by atoms with Crippen molar-refractivity contribution in [2.75, 3.05) is 25.1 Å². The minimum Gasteiger partial charge on any atom is -0.399 e. The summed E-state index contributed by atoms with van der Waals surface area (Å²) in [5.41, 5.74) is 6.49.